The molecule has 0 amide bonds. The van der Waals surface area contributed by atoms with Crippen LogP contribution in [0.25, 0.3) is 6.08 Å². The Bertz CT molecular complexity index is 1280. The summed E-state index contributed by atoms with van der Waals surface area (Å²) in [4.78, 5) is 7.86. The Hall–Kier alpha value is -2.94. The van der Waals surface area contributed by atoms with Crippen LogP contribution >= 0.6 is 0 Å². The van der Waals surface area contributed by atoms with E-state index in [0.717, 1.165) is 60.0 Å². The van der Waals surface area contributed by atoms with Crippen LogP contribution in [0, 0.1) is 6.92 Å². The molecule has 7 nitrogen and oxygen atoms in total. The fourth-order valence-corrected chi connectivity index (χ4v) is 6.76. The Morgan fingerprint density at radius 2 is 2.08 bits per heavy atom. The number of hydrogen-bond acceptors (Lipinski definition) is 6. The van der Waals surface area contributed by atoms with Gasteiger partial charge >= 0.3 is 0 Å². The number of nitrogens with zero attached hydrogens (tertiary/aromatic N) is 4. The number of aryl methyl sites for hydroxylation is 1. The Morgan fingerprint density at radius 1 is 1.25 bits per heavy atom. The maximum atomic E-state index is 13.8. The first-order valence-electron chi connectivity index (χ1n) is 12.7. The van der Waals surface area contributed by atoms with Crippen LogP contribution in [0.15, 0.2) is 53.2 Å². The lowest BCUT2D eigenvalue weighted by atomic mass is 10.0. The number of rotatable bonds is 5. The number of benzene rings is 1. The fraction of sp³-hybridized carbons (Fsp3) is 0.393. The first-order valence-corrected chi connectivity index (χ1v) is 13.8. The molecule has 190 valence electrons. The molecule has 2 atom stereocenters. The molecule has 0 spiro atoms. The Morgan fingerprint density at radius 3 is 2.89 bits per heavy atom. The molecule has 4 N–H and O–H groups in total. The van der Waals surface area contributed by atoms with Gasteiger partial charge in [-0.3, -0.25) is 0 Å². The van der Waals surface area contributed by atoms with Crippen molar-refractivity contribution in [3.8, 4) is 0 Å². The first-order chi connectivity index (χ1) is 17.3. The molecule has 1 saturated heterocycles. The highest BCUT2D eigenvalue weighted by molar-refractivity contribution is 7.89. The van der Waals surface area contributed by atoms with Crippen LogP contribution < -0.4 is 16.4 Å². The maximum Gasteiger partial charge on any atom is 0.216 e. The molecule has 5 rings (SSSR count). The summed E-state index contributed by atoms with van der Waals surface area (Å²) in [7, 11) is 1.99. The minimum atomic E-state index is -1.26. The SMILES string of the molecule is C/C(N)=C/c1cc(Cc2ccc(C)c(CN3C[C@@H]4CCCCN4c4ncccc4[S+]3[O-])c2)n(C)c1N. The molecule has 1 aromatic carbocycles. The molecule has 1 unspecified atom stereocenters. The number of pyridine rings is 1. The number of aromatic nitrogens is 2. The standard InChI is InChI=1S/C28H36N6OS/c1-19-9-10-21(15-25-16-22(13-20(2)29)27(30)32(25)3)14-23(19)17-33-18-24-7-4-5-12-34(24)28-26(36(33)35)8-6-11-31-28/h6,8-11,13-14,16,24H,4-5,7,12,15,17-18,29-30H2,1-3H3/b20-13-/t24-,36?/m0/s1. The Balaban J connectivity index is 1.42. The molecule has 1 fully saturated rings. The van der Waals surface area contributed by atoms with Gasteiger partial charge in [-0.15, -0.1) is 4.31 Å². The lowest BCUT2D eigenvalue weighted by Crippen LogP contribution is -2.45. The number of nitrogen functional groups attached to an aromatic ring is 1. The van der Waals surface area contributed by atoms with Crippen LogP contribution in [0.5, 0.6) is 0 Å². The number of piperidine rings is 1. The normalized spacial score (nSPS) is 20.7. The molecule has 3 aromatic rings. The molecule has 0 bridgehead atoms. The van der Waals surface area contributed by atoms with E-state index >= 15 is 0 Å². The zero-order valence-corrected chi connectivity index (χ0v) is 22.2. The van der Waals surface area contributed by atoms with E-state index in [0.29, 0.717) is 18.4 Å². The van der Waals surface area contributed by atoms with E-state index in [1.807, 2.05) is 42.9 Å². The van der Waals surface area contributed by atoms with Gasteiger partial charge in [0.05, 0.1) is 24.5 Å². The highest BCUT2D eigenvalue weighted by Crippen LogP contribution is 2.35. The minimum absolute atomic E-state index is 0.339. The quantitative estimate of drug-likeness (QED) is 0.507. The summed E-state index contributed by atoms with van der Waals surface area (Å²) >= 11 is -1.26. The Labute approximate surface area is 217 Å². The summed E-state index contributed by atoms with van der Waals surface area (Å²) in [5, 5.41) is 0. The molecule has 36 heavy (non-hydrogen) atoms. The summed E-state index contributed by atoms with van der Waals surface area (Å²) in [5.74, 6) is 1.61. The van der Waals surface area contributed by atoms with Crippen LogP contribution in [-0.2, 0) is 31.4 Å². The van der Waals surface area contributed by atoms with Crippen LogP contribution in [0.3, 0.4) is 0 Å². The van der Waals surface area contributed by atoms with Crippen molar-refractivity contribution in [3.63, 3.8) is 0 Å². The van der Waals surface area contributed by atoms with Crippen LogP contribution in [-0.4, -0.2) is 37.5 Å². The van der Waals surface area contributed by atoms with E-state index in [1.165, 1.54) is 23.1 Å². The summed E-state index contributed by atoms with van der Waals surface area (Å²) in [6.07, 6.45) is 7.96. The third-order valence-electron chi connectivity index (χ3n) is 7.43. The molecular weight excluding hydrogens is 468 g/mol. The van der Waals surface area contributed by atoms with Crippen molar-refractivity contribution < 1.29 is 4.55 Å². The fourth-order valence-electron chi connectivity index (χ4n) is 5.40. The summed E-state index contributed by atoms with van der Waals surface area (Å²) in [6, 6.07) is 12.9. The molecule has 0 radical (unpaired) electrons. The predicted octanol–water partition coefficient (Wildman–Crippen LogP) is 4.12. The zero-order chi connectivity index (χ0) is 25.4. The van der Waals surface area contributed by atoms with Gasteiger partial charge in [-0.25, -0.2) is 4.98 Å². The van der Waals surface area contributed by atoms with Gasteiger partial charge < -0.3 is 25.5 Å². The lowest BCUT2D eigenvalue weighted by molar-refractivity contribution is 0.343. The van der Waals surface area contributed by atoms with Crippen molar-refractivity contribution in [1.29, 1.82) is 0 Å². The van der Waals surface area contributed by atoms with E-state index in [4.69, 9.17) is 11.5 Å². The monoisotopic (exact) mass is 504 g/mol. The lowest BCUT2D eigenvalue weighted by Gasteiger charge is -2.35. The topological polar surface area (TPSA) is 99.4 Å². The molecule has 0 aliphatic carbocycles. The second kappa shape index (κ2) is 10.2. The third kappa shape index (κ3) is 4.85. The highest BCUT2D eigenvalue weighted by atomic mass is 32.2. The van der Waals surface area contributed by atoms with Crippen molar-refractivity contribution in [2.45, 2.75) is 57.0 Å². The van der Waals surface area contributed by atoms with Gasteiger partial charge in [0.25, 0.3) is 0 Å². The smallest absolute Gasteiger partial charge is 0.216 e. The molecule has 2 aromatic heterocycles. The van der Waals surface area contributed by atoms with Gasteiger partial charge in [-0.05, 0) is 68.0 Å². The second-order valence-electron chi connectivity index (χ2n) is 10.1. The number of hydrogen-bond donors (Lipinski definition) is 2. The van der Waals surface area contributed by atoms with Gasteiger partial charge in [0.15, 0.2) is 5.82 Å². The average molecular weight is 505 g/mol. The Kier molecular flexibility index (Phi) is 7.01. The maximum absolute atomic E-state index is 13.8. The van der Waals surface area contributed by atoms with Crippen molar-refractivity contribution >= 4 is 29.1 Å². The summed E-state index contributed by atoms with van der Waals surface area (Å²) in [5.41, 5.74) is 18.6. The molecule has 2 aliphatic heterocycles. The number of anilines is 2. The zero-order valence-electron chi connectivity index (χ0n) is 21.4. The number of allylic oxidation sites excluding steroid dienone is 1. The van der Waals surface area contributed by atoms with Crippen molar-refractivity contribution in [2.24, 2.45) is 12.8 Å². The second-order valence-corrected chi connectivity index (χ2v) is 11.6. The number of fused-ring (bicyclic) bond motifs is 3. The molecule has 8 heteroatoms. The van der Waals surface area contributed by atoms with E-state index < -0.39 is 11.4 Å². The summed E-state index contributed by atoms with van der Waals surface area (Å²) in [6.45, 7) is 6.40. The van der Waals surface area contributed by atoms with Gasteiger partial charge in [-0.1, -0.05) is 18.2 Å². The first kappa shape index (κ1) is 24.7. The van der Waals surface area contributed by atoms with Crippen LogP contribution in [0.2, 0.25) is 0 Å². The van der Waals surface area contributed by atoms with Gasteiger partial charge in [0, 0.05) is 55.3 Å². The molecule has 0 saturated carbocycles. The van der Waals surface area contributed by atoms with Crippen LogP contribution in [0.4, 0.5) is 11.6 Å². The molecule has 4 heterocycles. The predicted molar refractivity (Wildman–Crippen MR) is 148 cm³/mol. The highest BCUT2D eigenvalue weighted by Gasteiger charge is 2.39. The van der Waals surface area contributed by atoms with Gasteiger partial charge in [0.1, 0.15) is 5.82 Å². The largest absolute Gasteiger partial charge is 0.593 e. The molecule has 2 aliphatic rings. The summed E-state index contributed by atoms with van der Waals surface area (Å²) < 4.78 is 17.9. The third-order valence-corrected chi connectivity index (χ3v) is 8.87. The van der Waals surface area contributed by atoms with E-state index in [1.54, 1.807) is 0 Å². The van der Waals surface area contributed by atoms with Crippen molar-refractivity contribution in [2.75, 3.05) is 23.7 Å². The van der Waals surface area contributed by atoms with E-state index in [2.05, 4.69) is 45.4 Å². The van der Waals surface area contributed by atoms with Gasteiger partial charge in [0.2, 0.25) is 4.90 Å². The van der Waals surface area contributed by atoms with Crippen LogP contribution in [0.1, 0.15) is 54.1 Å². The molecular formula is C28H36N6OS. The van der Waals surface area contributed by atoms with Crippen molar-refractivity contribution in [1.82, 2.24) is 13.9 Å². The van der Waals surface area contributed by atoms with E-state index in [-0.39, 0.29) is 0 Å². The van der Waals surface area contributed by atoms with Crippen molar-refractivity contribution in [3.05, 3.63) is 76.2 Å². The van der Waals surface area contributed by atoms with Gasteiger partial charge in [-0.2, -0.15) is 0 Å². The average Bonchev–Trinajstić information content (AvgIpc) is 3.05. The minimum Gasteiger partial charge on any atom is -0.593 e. The number of nitrogens with two attached hydrogens (primary N) is 2. The van der Waals surface area contributed by atoms with E-state index in [9.17, 15) is 4.55 Å².